The van der Waals surface area contributed by atoms with Crippen LogP contribution in [0.4, 0.5) is 5.69 Å². The number of carbonyl (C=O) groups is 1. The molecule has 0 aliphatic carbocycles. The molecule has 134 valence electrons. The lowest BCUT2D eigenvalue weighted by atomic mass is 10.2. The van der Waals surface area contributed by atoms with Crippen molar-refractivity contribution in [1.29, 1.82) is 0 Å². The van der Waals surface area contributed by atoms with Gasteiger partial charge in [0.1, 0.15) is 23.9 Å². The molecule has 4 aromatic rings. The minimum absolute atomic E-state index is 0.248. The summed E-state index contributed by atoms with van der Waals surface area (Å²) in [7, 11) is 1.92. The molecule has 6 nitrogen and oxygen atoms in total. The molecular formula is C21H18N4O2. The maximum Gasteiger partial charge on any atom is 0.274 e. The molecule has 0 aliphatic heterocycles. The number of benzene rings is 2. The number of aromatic nitrogens is 3. The number of hydrogen-bond donors (Lipinski definition) is 1. The predicted octanol–water partition coefficient (Wildman–Crippen LogP) is 3.80. The molecule has 0 atom stereocenters. The van der Waals surface area contributed by atoms with Crippen LogP contribution in [0.5, 0.6) is 5.75 Å². The maximum atomic E-state index is 12.4. The number of carbonyl (C=O) groups excluding carboxylic acids is 1. The highest BCUT2D eigenvalue weighted by Crippen LogP contribution is 2.18. The normalized spacial score (nSPS) is 10.7. The fourth-order valence-corrected chi connectivity index (χ4v) is 2.71. The monoisotopic (exact) mass is 358 g/mol. The van der Waals surface area contributed by atoms with Crippen molar-refractivity contribution < 1.29 is 9.53 Å². The first-order valence-electron chi connectivity index (χ1n) is 8.55. The predicted molar refractivity (Wildman–Crippen MR) is 104 cm³/mol. The summed E-state index contributed by atoms with van der Waals surface area (Å²) in [5.74, 6) is 1.30. The minimum Gasteiger partial charge on any atom is -0.486 e. The molecule has 27 heavy (non-hydrogen) atoms. The van der Waals surface area contributed by atoms with E-state index in [-0.39, 0.29) is 5.91 Å². The van der Waals surface area contributed by atoms with Crippen LogP contribution in [-0.2, 0) is 13.7 Å². The van der Waals surface area contributed by atoms with Crippen molar-refractivity contribution in [1.82, 2.24) is 14.5 Å². The molecule has 2 aromatic heterocycles. The fraction of sp³-hybridized carbons (Fsp3) is 0.0952. The maximum absolute atomic E-state index is 12.4. The summed E-state index contributed by atoms with van der Waals surface area (Å²) in [4.78, 5) is 21.1. The zero-order chi connectivity index (χ0) is 18.6. The lowest BCUT2D eigenvalue weighted by molar-refractivity contribution is 0.102. The Morgan fingerprint density at radius 2 is 1.89 bits per heavy atom. The third-order valence-corrected chi connectivity index (χ3v) is 4.23. The smallest absolute Gasteiger partial charge is 0.274 e. The van der Waals surface area contributed by atoms with Crippen molar-refractivity contribution in [2.45, 2.75) is 6.61 Å². The van der Waals surface area contributed by atoms with Crippen LogP contribution >= 0.6 is 0 Å². The molecular weight excluding hydrogens is 340 g/mol. The summed E-state index contributed by atoms with van der Waals surface area (Å²) in [6.45, 7) is 0.385. The van der Waals surface area contributed by atoms with E-state index in [1.165, 1.54) is 0 Å². The van der Waals surface area contributed by atoms with E-state index in [0.717, 1.165) is 16.7 Å². The quantitative estimate of drug-likeness (QED) is 0.589. The number of nitrogens with zero attached hydrogens (tertiary/aromatic N) is 3. The number of anilines is 1. The second-order valence-electron chi connectivity index (χ2n) is 6.11. The Bertz CT molecular complexity index is 1090. The molecule has 2 heterocycles. The Morgan fingerprint density at radius 1 is 1.07 bits per heavy atom. The molecule has 0 saturated carbocycles. The van der Waals surface area contributed by atoms with Gasteiger partial charge in [0, 0.05) is 30.5 Å². The number of fused-ring (bicyclic) bond motifs is 1. The highest BCUT2D eigenvalue weighted by molar-refractivity contribution is 6.04. The average Bonchev–Trinajstić information content (AvgIpc) is 3.12. The van der Waals surface area contributed by atoms with Gasteiger partial charge < -0.3 is 14.6 Å². The van der Waals surface area contributed by atoms with E-state index in [2.05, 4.69) is 15.3 Å². The summed E-state index contributed by atoms with van der Waals surface area (Å²) in [5, 5.41) is 3.86. The van der Waals surface area contributed by atoms with Crippen molar-refractivity contribution in [3.05, 3.63) is 84.6 Å². The number of pyridine rings is 1. The number of amides is 1. The van der Waals surface area contributed by atoms with Gasteiger partial charge in [-0.25, -0.2) is 9.97 Å². The third kappa shape index (κ3) is 3.79. The summed E-state index contributed by atoms with van der Waals surface area (Å²) in [6.07, 6.45) is 3.61. The first-order chi connectivity index (χ1) is 13.2. The fourth-order valence-electron chi connectivity index (χ4n) is 2.71. The zero-order valence-corrected chi connectivity index (χ0v) is 14.8. The summed E-state index contributed by atoms with van der Waals surface area (Å²) in [6, 6.07) is 18.5. The molecule has 0 spiro atoms. The molecule has 6 heteroatoms. The van der Waals surface area contributed by atoms with E-state index >= 15 is 0 Å². The number of para-hydroxylation sites is 1. The van der Waals surface area contributed by atoms with Crippen molar-refractivity contribution in [3.8, 4) is 5.75 Å². The van der Waals surface area contributed by atoms with E-state index in [0.29, 0.717) is 23.7 Å². The van der Waals surface area contributed by atoms with Crippen molar-refractivity contribution in [2.24, 2.45) is 7.05 Å². The lowest BCUT2D eigenvalue weighted by Gasteiger charge is -2.08. The largest absolute Gasteiger partial charge is 0.486 e. The Hall–Kier alpha value is -3.67. The molecule has 0 radical (unpaired) electrons. The Labute approximate surface area is 156 Å². The summed E-state index contributed by atoms with van der Waals surface area (Å²) >= 11 is 0. The van der Waals surface area contributed by atoms with Gasteiger partial charge in [-0.15, -0.1) is 0 Å². The molecule has 2 aromatic carbocycles. The van der Waals surface area contributed by atoms with Gasteiger partial charge in [0.05, 0.1) is 5.52 Å². The van der Waals surface area contributed by atoms with Crippen LogP contribution in [0.3, 0.4) is 0 Å². The van der Waals surface area contributed by atoms with Gasteiger partial charge in [0.15, 0.2) is 0 Å². The topological polar surface area (TPSA) is 69.0 Å². The summed E-state index contributed by atoms with van der Waals surface area (Å²) < 4.78 is 7.62. The molecule has 4 rings (SSSR count). The number of aryl methyl sites for hydroxylation is 1. The number of ether oxygens (including phenoxy) is 1. The van der Waals surface area contributed by atoms with Crippen LogP contribution in [0.1, 0.15) is 16.3 Å². The van der Waals surface area contributed by atoms with Crippen LogP contribution in [0.25, 0.3) is 10.9 Å². The van der Waals surface area contributed by atoms with Gasteiger partial charge in [-0.2, -0.15) is 0 Å². The molecule has 0 aliphatic rings. The van der Waals surface area contributed by atoms with Crippen LogP contribution in [0, 0.1) is 0 Å². The van der Waals surface area contributed by atoms with Crippen molar-refractivity contribution in [3.63, 3.8) is 0 Å². The van der Waals surface area contributed by atoms with E-state index in [1.54, 1.807) is 24.4 Å². The Kier molecular flexibility index (Phi) is 4.53. The molecule has 0 bridgehead atoms. The second kappa shape index (κ2) is 7.29. The minimum atomic E-state index is -0.248. The molecule has 1 N–H and O–H groups in total. The van der Waals surface area contributed by atoms with Crippen LogP contribution in [0.2, 0.25) is 0 Å². The van der Waals surface area contributed by atoms with Crippen LogP contribution in [-0.4, -0.2) is 20.4 Å². The lowest BCUT2D eigenvalue weighted by Crippen LogP contribution is -2.13. The van der Waals surface area contributed by atoms with Crippen LogP contribution < -0.4 is 10.1 Å². The van der Waals surface area contributed by atoms with Gasteiger partial charge >= 0.3 is 0 Å². The Morgan fingerprint density at radius 3 is 2.67 bits per heavy atom. The number of nitrogens with one attached hydrogen (secondary N) is 1. The first-order valence-corrected chi connectivity index (χ1v) is 8.55. The Balaban J connectivity index is 1.41. The zero-order valence-electron chi connectivity index (χ0n) is 14.8. The number of hydrogen-bond acceptors (Lipinski definition) is 4. The molecule has 0 unspecified atom stereocenters. The second-order valence-corrected chi connectivity index (χ2v) is 6.11. The molecule has 1 amide bonds. The van der Waals surface area contributed by atoms with Crippen molar-refractivity contribution >= 4 is 22.5 Å². The standard InChI is InChI=1S/C21H18N4O2/c1-25-13-12-22-20(25)14-27-17-9-7-16(8-10-17)23-21(26)19-11-6-15-4-2-3-5-18(15)24-19/h2-13H,14H2,1H3,(H,23,26). The number of imidazole rings is 1. The average molecular weight is 358 g/mol. The van der Waals surface area contributed by atoms with E-state index < -0.39 is 0 Å². The highest BCUT2D eigenvalue weighted by atomic mass is 16.5. The molecule has 0 saturated heterocycles. The SMILES string of the molecule is Cn1ccnc1COc1ccc(NC(=O)c2ccc3ccccc3n2)cc1. The van der Waals surface area contributed by atoms with Gasteiger partial charge in [0.25, 0.3) is 5.91 Å². The van der Waals surface area contributed by atoms with Crippen LogP contribution in [0.15, 0.2) is 73.1 Å². The molecule has 0 fully saturated rings. The van der Waals surface area contributed by atoms with Gasteiger partial charge in [-0.1, -0.05) is 24.3 Å². The van der Waals surface area contributed by atoms with E-state index in [9.17, 15) is 4.79 Å². The van der Waals surface area contributed by atoms with E-state index in [1.807, 2.05) is 60.3 Å². The van der Waals surface area contributed by atoms with Gasteiger partial charge in [-0.3, -0.25) is 4.79 Å². The highest BCUT2D eigenvalue weighted by Gasteiger charge is 2.09. The third-order valence-electron chi connectivity index (χ3n) is 4.23. The van der Waals surface area contributed by atoms with Crippen molar-refractivity contribution in [2.75, 3.05) is 5.32 Å². The van der Waals surface area contributed by atoms with Gasteiger partial charge in [0.2, 0.25) is 0 Å². The number of rotatable bonds is 5. The van der Waals surface area contributed by atoms with E-state index in [4.69, 9.17) is 4.74 Å². The first kappa shape index (κ1) is 16.8. The van der Waals surface area contributed by atoms with Gasteiger partial charge in [-0.05, 0) is 36.4 Å². The summed E-state index contributed by atoms with van der Waals surface area (Å²) in [5.41, 5.74) is 1.85.